The maximum atomic E-state index is 12.3. The number of nitrogens with zero attached hydrogens (tertiary/aromatic N) is 2. The minimum Gasteiger partial charge on any atom is -0.280 e. The van der Waals surface area contributed by atoms with Crippen molar-refractivity contribution in [2.75, 3.05) is 4.72 Å². The topological polar surface area (TPSA) is 132 Å². The summed E-state index contributed by atoms with van der Waals surface area (Å²) >= 11 is 5.79. The van der Waals surface area contributed by atoms with Gasteiger partial charge >= 0.3 is 0 Å². The summed E-state index contributed by atoms with van der Waals surface area (Å²) in [6.45, 7) is 0. The first kappa shape index (κ1) is 16.6. The van der Waals surface area contributed by atoms with Crippen molar-refractivity contribution in [3.05, 3.63) is 67.7 Å². The van der Waals surface area contributed by atoms with Gasteiger partial charge in [-0.15, -0.1) is 0 Å². The second-order valence-electron chi connectivity index (χ2n) is 4.28. The van der Waals surface area contributed by atoms with Crippen LogP contribution in [0.4, 0.5) is 17.1 Å². The first-order chi connectivity index (χ1) is 10.7. The molecule has 0 aliphatic heterocycles. The highest BCUT2D eigenvalue weighted by Crippen LogP contribution is 2.28. The molecule has 0 atom stereocenters. The van der Waals surface area contributed by atoms with Crippen LogP contribution in [-0.4, -0.2) is 18.3 Å². The molecule has 0 aromatic heterocycles. The van der Waals surface area contributed by atoms with Gasteiger partial charge in [-0.3, -0.25) is 25.0 Å². The second-order valence-corrected chi connectivity index (χ2v) is 6.34. The predicted octanol–water partition coefficient (Wildman–Crippen LogP) is 2.96. The number of sulfonamides is 1. The molecule has 1 N–H and O–H groups in total. The van der Waals surface area contributed by atoms with E-state index in [1.54, 1.807) is 0 Å². The van der Waals surface area contributed by atoms with Gasteiger partial charge in [0.05, 0.1) is 14.9 Å². The van der Waals surface area contributed by atoms with E-state index in [0.717, 1.165) is 30.3 Å². The monoisotopic (exact) mass is 357 g/mol. The fourth-order valence-electron chi connectivity index (χ4n) is 1.67. The van der Waals surface area contributed by atoms with E-state index < -0.39 is 30.5 Å². The van der Waals surface area contributed by atoms with Crippen LogP contribution in [0.5, 0.6) is 0 Å². The van der Waals surface area contributed by atoms with E-state index in [4.69, 9.17) is 11.6 Å². The fourth-order valence-corrected chi connectivity index (χ4v) is 3.25. The third-order valence-electron chi connectivity index (χ3n) is 2.75. The van der Waals surface area contributed by atoms with Crippen molar-refractivity contribution in [3.8, 4) is 0 Å². The van der Waals surface area contributed by atoms with Gasteiger partial charge in [-0.1, -0.05) is 11.6 Å². The Morgan fingerprint density at radius 3 is 1.96 bits per heavy atom. The van der Waals surface area contributed by atoms with Crippen LogP contribution in [-0.2, 0) is 10.0 Å². The molecule has 2 aromatic rings. The summed E-state index contributed by atoms with van der Waals surface area (Å²) in [5.41, 5.74) is -0.585. The molecular weight excluding hydrogens is 350 g/mol. The number of hydrogen-bond acceptors (Lipinski definition) is 6. The predicted molar refractivity (Wildman–Crippen MR) is 82.0 cm³/mol. The normalized spacial score (nSPS) is 11.0. The molecule has 0 heterocycles. The Bertz CT molecular complexity index is 882. The Kier molecular flexibility index (Phi) is 4.48. The molecule has 0 amide bonds. The van der Waals surface area contributed by atoms with Crippen LogP contribution in [0.2, 0.25) is 5.02 Å². The Morgan fingerprint density at radius 2 is 1.43 bits per heavy atom. The van der Waals surface area contributed by atoms with Crippen LogP contribution in [0.3, 0.4) is 0 Å². The van der Waals surface area contributed by atoms with Crippen LogP contribution in [0.1, 0.15) is 0 Å². The number of halogens is 1. The van der Waals surface area contributed by atoms with E-state index in [-0.39, 0.29) is 16.4 Å². The van der Waals surface area contributed by atoms with E-state index in [0.29, 0.717) is 0 Å². The number of anilines is 1. The molecule has 2 aromatic carbocycles. The number of nitro benzene ring substituents is 2. The number of benzene rings is 2. The third-order valence-corrected chi connectivity index (χ3v) is 4.61. The lowest BCUT2D eigenvalue weighted by molar-refractivity contribution is -0.385. The van der Waals surface area contributed by atoms with E-state index in [1.165, 1.54) is 12.1 Å². The number of non-ortho nitro benzene ring substituents is 2. The molecule has 0 saturated heterocycles. The number of hydrogen-bond donors (Lipinski definition) is 1. The zero-order valence-corrected chi connectivity index (χ0v) is 12.7. The molecule has 2 rings (SSSR count). The van der Waals surface area contributed by atoms with Gasteiger partial charge < -0.3 is 0 Å². The summed E-state index contributed by atoms with van der Waals surface area (Å²) in [6.07, 6.45) is 0. The molecule has 0 spiro atoms. The van der Waals surface area contributed by atoms with Crippen molar-refractivity contribution < 1.29 is 18.3 Å². The summed E-state index contributed by atoms with van der Waals surface area (Å²) < 4.78 is 26.7. The van der Waals surface area contributed by atoms with Gasteiger partial charge in [-0.05, 0) is 18.2 Å². The third kappa shape index (κ3) is 3.73. The zero-order valence-electron chi connectivity index (χ0n) is 11.2. The molecule has 9 nitrogen and oxygen atoms in total. The molecule has 0 aliphatic carbocycles. The first-order valence-electron chi connectivity index (χ1n) is 5.92. The minimum atomic E-state index is -4.19. The highest BCUT2D eigenvalue weighted by Gasteiger charge is 2.22. The standard InChI is InChI=1S/C12H8ClN3O6S/c13-11-6-5-10(16(19)20)7-12(11)23(21,22)14-8-1-3-9(4-2-8)15(17)18/h1-7,14H. The summed E-state index contributed by atoms with van der Waals surface area (Å²) in [5, 5.41) is 21.1. The Morgan fingerprint density at radius 1 is 0.913 bits per heavy atom. The van der Waals surface area contributed by atoms with Crippen LogP contribution >= 0.6 is 11.6 Å². The van der Waals surface area contributed by atoms with Crippen LogP contribution < -0.4 is 4.72 Å². The van der Waals surface area contributed by atoms with Crippen LogP contribution in [0.25, 0.3) is 0 Å². The molecule has 0 fully saturated rings. The summed E-state index contributed by atoms with van der Waals surface area (Å²) in [5.74, 6) is 0. The average Bonchev–Trinajstić information content (AvgIpc) is 2.47. The average molecular weight is 358 g/mol. The van der Waals surface area contributed by atoms with Crippen LogP contribution in [0, 0.1) is 20.2 Å². The molecule has 23 heavy (non-hydrogen) atoms. The SMILES string of the molecule is O=[N+]([O-])c1ccc(NS(=O)(=O)c2cc([N+](=O)[O-])ccc2Cl)cc1. The van der Waals surface area contributed by atoms with E-state index in [9.17, 15) is 28.6 Å². The van der Waals surface area contributed by atoms with Crippen molar-refractivity contribution in [1.29, 1.82) is 0 Å². The van der Waals surface area contributed by atoms with E-state index in [1.807, 2.05) is 0 Å². The van der Waals surface area contributed by atoms with Gasteiger partial charge in [0.1, 0.15) is 4.90 Å². The minimum absolute atomic E-state index is 0.0539. The fraction of sp³-hybridized carbons (Fsp3) is 0. The molecule has 0 radical (unpaired) electrons. The first-order valence-corrected chi connectivity index (χ1v) is 7.78. The molecule has 11 heteroatoms. The maximum Gasteiger partial charge on any atom is 0.270 e. The van der Waals surface area contributed by atoms with Gasteiger partial charge in [0.15, 0.2) is 0 Å². The molecule has 120 valence electrons. The highest BCUT2D eigenvalue weighted by atomic mass is 35.5. The number of rotatable bonds is 5. The van der Waals surface area contributed by atoms with Crippen molar-refractivity contribution in [2.45, 2.75) is 4.90 Å². The van der Waals surface area contributed by atoms with Gasteiger partial charge in [0, 0.05) is 30.0 Å². The number of nitrogens with one attached hydrogen (secondary N) is 1. The molecular formula is C12H8ClN3O6S. The largest absolute Gasteiger partial charge is 0.280 e. The van der Waals surface area contributed by atoms with Crippen molar-refractivity contribution in [2.24, 2.45) is 0 Å². The highest BCUT2D eigenvalue weighted by molar-refractivity contribution is 7.92. The van der Waals surface area contributed by atoms with Gasteiger partial charge in [0.2, 0.25) is 0 Å². The Hall–Kier alpha value is -2.72. The summed E-state index contributed by atoms with van der Waals surface area (Å²) in [7, 11) is -4.19. The Labute approximate surface area is 134 Å². The van der Waals surface area contributed by atoms with Crippen molar-refractivity contribution in [3.63, 3.8) is 0 Å². The molecule has 0 aliphatic rings. The Balaban J connectivity index is 2.37. The molecule has 0 unspecified atom stereocenters. The maximum absolute atomic E-state index is 12.3. The van der Waals surface area contributed by atoms with Gasteiger partial charge in [-0.2, -0.15) is 0 Å². The second kappa shape index (κ2) is 6.18. The quantitative estimate of drug-likeness (QED) is 0.646. The lowest BCUT2D eigenvalue weighted by Crippen LogP contribution is -2.13. The van der Waals surface area contributed by atoms with Crippen molar-refractivity contribution >= 4 is 38.7 Å². The lowest BCUT2D eigenvalue weighted by atomic mass is 10.3. The van der Waals surface area contributed by atoms with E-state index in [2.05, 4.69) is 4.72 Å². The van der Waals surface area contributed by atoms with Crippen molar-refractivity contribution in [1.82, 2.24) is 0 Å². The van der Waals surface area contributed by atoms with Gasteiger partial charge in [0.25, 0.3) is 21.4 Å². The molecule has 0 bridgehead atoms. The smallest absolute Gasteiger partial charge is 0.270 e. The zero-order chi connectivity index (χ0) is 17.2. The van der Waals surface area contributed by atoms with Crippen LogP contribution in [0.15, 0.2) is 47.4 Å². The summed E-state index contributed by atoms with van der Waals surface area (Å²) in [4.78, 5) is 19.4. The van der Waals surface area contributed by atoms with E-state index >= 15 is 0 Å². The molecule has 0 saturated carbocycles. The lowest BCUT2D eigenvalue weighted by Gasteiger charge is -2.09. The number of nitro groups is 2. The summed E-state index contributed by atoms with van der Waals surface area (Å²) in [6, 6.07) is 7.63. The van der Waals surface area contributed by atoms with Gasteiger partial charge in [-0.25, -0.2) is 8.42 Å².